The molecule has 82 valence electrons. The maximum Gasteiger partial charge on any atom is 0.0578 e. The largest absolute Gasteiger partial charge is 0.397 e. The Bertz CT molecular complexity index is 332. The molecule has 0 aromatic heterocycles. The molecule has 0 amide bonds. The highest BCUT2D eigenvalue weighted by atomic mass is 16.5. The summed E-state index contributed by atoms with van der Waals surface area (Å²) in [5.41, 5.74) is 7.86. The molecule has 1 aliphatic rings. The van der Waals surface area contributed by atoms with Crippen molar-refractivity contribution in [3.63, 3.8) is 0 Å². The van der Waals surface area contributed by atoms with Crippen molar-refractivity contribution in [1.29, 1.82) is 0 Å². The fourth-order valence-corrected chi connectivity index (χ4v) is 1.88. The summed E-state index contributed by atoms with van der Waals surface area (Å²) in [5, 5.41) is 3.52. The molecular weight excluding hydrogens is 188 g/mol. The third-order valence-corrected chi connectivity index (χ3v) is 2.99. The van der Waals surface area contributed by atoms with Gasteiger partial charge in [0, 0.05) is 18.8 Å². The molecule has 1 saturated heterocycles. The van der Waals surface area contributed by atoms with Crippen molar-refractivity contribution in [2.45, 2.75) is 25.3 Å². The highest BCUT2D eigenvalue weighted by Crippen LogP contribution is 2.28. The lowest BCUT2D eigenvalue weighted by molar-refractivity contribution is 0.0658. The zero-order valence-corrected chi connectivity index (χ0v) is 9.12. The van der Waals surface area contributed by atoms with E-state index in [1.54, 1.807) is 0 Å². The van der Waals surface area contributed by atoms with Crippen LogP contribution in [-0.4, -0.2) is 18.8 Å². The lowest BCUT2D eigenvalue weighted by Gasteiger charge is -2.35. The lowest BCUT2D eigenvalue weighted by Crippen LogP contribution is -2.40. The van der Waals surface area contributed by atoms with Crippen LogP contribution in [0.4, 0.5) is 11.4 Å². The number of anilines is 2. The molecule has 3 heteroatoms. The van der Waals surface area contributed by atoms with Crippen molar-refractivity contribution in [2.24, 2.45) is 0 Å². The van der Waals surface area contributed by atoms with E-state index < -0.39 is 0 Å². The Hall–Kier alpha value is -1.22. The molecule has 1 fully saturated rings. The molecule has 1 aromatic carbocycles. The predicted octanol–water partition coefficient (Wildman–Crippen LogP) is 2.25. The highest BCUT2D eigenvalue weighted by Gasteiger charge is 2.27. The van der Waals surface area contributed by atoms with Crippen LogP contribution in [0.2, 0.25) is 0 Å². The molecule has 3 nitrogen and oxygen atoms in total. The Labute approximate surface area is 90.6 Å². The minimum absolute atomic E-state index is 0.119. The topological polar surface area (TPSA) is 47.3 Å². The summed E-state index contributed by atoms with van der Waals surface area (Å²) in [6.45, 7) is 3.88. The van der Waals surface area contributed by atoms with Gasteiger partial charge in [-0.1, -0.05) is 12.1 Å². The van der Waals surface area contributed by atoms with E-state index in [0.29, 0.717) is 0 Å². The monoisotopic (exact) mass is 206 g/mol. The van der Waals surface area contributed by atoms with Crippen LogP contribution in [0.25, 0.3) is 0 Å². The van der Waals surface area contributed by atoms with Crippen LogP contribution in [0, 0.1) is 0 Å². The van der Waals surface area contributed by atoms with E-state index in [1.807, 2.05) is 24.3 Å². The fourth-order valence-electron chi connectivity index (χ4n) is 1.88. The van der Waals surface area contributed by atoms with Gasteiger partial charge < -0.3 is 15.8 Å². The average molecular weight is 206 g/mol. The summed E-state index contributed by atoms with van der Waals surface area (Å²) in [6.07, 6.45) is 2.06. The molecule has 0 unspecified atom stereocenters. The van der Waals surface area contributed by atoms with Gasteiger partial charge in [-0.3, -0.25) is 0 Å². The van der Waals surface area contributed by atoms with Crippen molar-refractivity contribution in [3.8, 4) is 0 Å². The average Bonchev–Trinajstić information content (AvgIpc) is 2.22. The van der Waals surface area contributed by atoms with Crippen LogP contribution in [0.3, 0.4) is 0 Å². The summed E-state index contributed by atoms with van der Waals surface area (Å²) >= 11 is 0. The minimum Gasteiger partial charge on any atom is -0.397 e. The SMILES string of the molecule is CC1(Nc2ccccc2N)CCOCC1. The molecule has 1 aromatic rings. The molecule has 0 aliphatic carbocycles. The van der Waals surface area contributed by atoms with E-state index >= 15 is 0 Å². The molecule has 0 radical (unpaired) electrons. The molecule has 2 rings (SSSR count). The Morgan fingerprint density at radius 1 is 1.27 bits per heavy atom. The Morgan fingerprint density at radius 3 is 2.60 bits per heavy atom. The molecular formula is C12H18N2O. The van der Waals surface area contributed by atoms with E-state index in [2.05, 4.69) is 12.2 Å². The molecule has 15 heavy (non-hydrogen) atoms. The molecule has 0 spiro atoms. The zero-order valence-electron chi connectivity index (χ0n) is 9.12. The number of ether oxygens (including phenoxy) is 1. The first-order valence-electron chi connectivity index (χ1n) is 5.40. The molecule has 1 aliphatic heterocycles. The minimum atomic E-state index is 0.119. The molecule has 0 saturated carbocycles. The van der Waals surface area contributed by atoms with Gasteiger partial charge in [0.1, 0.15) is 0 Å². The van der Waals surface area contributed by atoms with Crippen LogP contribution in [0.15, 0.2) is 24.3 Å². The van der Waals surface area contributed by atoms with Gasteiger partial charge in [-0.2, -0.15) is 0 Å². The fraction of sp³-hybridized carbons (Fsp3) is 0.500. The van der Waals surface area contributed by atoms with Gasteiger partial charge in [0.15, 0.2) is 0 Å². The van der Waals surface area contributed by atoms with Crippen LogP contribution in [0.5, 0.6) is 0 Å². The number of hydrogen-bond acceptors (Lipinski definition) is 3. The van der Waals surface area contributed by atoms with E-state index in [-0.39, 0.29) is 5.54 Å². The number of nitrogens with two attached hydrogens (primary N) is 1. The van der Waals surface area contributed by atoms with Gasteiger partial charge in [-0.05, 0) is 31.9 Å². The lowest BCUT2D eigenvalue weighted by atomic mass is 9.92. The molecule has 0 atom stereocenters. The first-order valence-corrected chi connectivity index (χ1v) is 5.40. The van der Waals surface area contributed by atoms with E-state index in [1.165, 1.54) is 0 Å². The van der Waals surface area contributed by atoms with Gasteiger partial charge in [0.25, 0.3) is 0 Å². The first-order chi connectivity index (χ1) is 7.20. The Morgan fingerprint density at radius 2 is 1.93 bits per heavy atom. The number of benzene rings is 1. The van der Waals surface area contributed by atoms with E-state index in [4.69, 9.17) is 10.5 Å². The smallest absolute Gasteiger partial charge is 0.0578 e. The number of nitrogen functional groups attached to an aromatic ring is 1. The van der Waals surface area contributed by atoms with Crippen molar-refractivity contribution >= 4 is 11.4 Å². The van der Waals surface area contributed by atoms with E-state index in [9.17, 15) is 0 Å². The van der Waals surface area contributed by atoms with Gasteiger partial charge in [0.2, 0.25) is 0 Å². The molecule has 0 bridgehead atoms. The normalized spacial score (nSPS) is 19.8. The number of rotatable bonds is 2. The first kappa shape index (κ1) is 10.3. The maximum atomic E-state index is 5.90. The number of para-hydroxylation sites is 2. The zero-order chi connectivity index (χ0) is 10.7. The van der Waals surface area contributed by atoms with Crippen molar-refractivity contribution in [1.82, 2.24) is 0 Å². The summed E-state index contributed by atoms with van der Waals surface area (Å²) in [5.74, 6) is 0. The van der Waals surface area contributed by atoms with Gasteiger partial charge >= 0.3 is 0 Å². The maximum absolute atomic E-state index is 5.90. The van der Waals surface area contributed by atoms with Crippen LogP contribution in [-0.2, 0) is 4.74 Å². The molecule has 1 heterocycles. The van der Waals surface area contributed by atoms with Crippen molar-refractivity contribution < 1.29 is 4.74 Å². The van der Waals surface area contributed by atoms with Crippen LogP contribution < -0.4 is 11.1 Å². The Balaban J connectivity index is 2.10. The summed E-state index contributed by atoms with van der Waals surface area (Å²) in [6, 6.07) is 7.90. The summed E-state index contributed by atoms with van der Waals surface area (Å²) in [7, 11) is 0. The van der Waals surface area contributed by atoms with E-state index in [0.717, 1.165) is 37.4 Å². The predicted molar refractivity (Wildman–Crippen MR) is 62.9 cm³/mol. The third kappa shape index (κ3) is 2.42. The van der Waals surface area contributed by atoms with Gasteiger partial charge in [-0.25, -0.2) is 0 Å². The van der Waals surface area contributed by atoms with Crippen molar-refractivity contribution in [2.75, 3.05) is 24.3 Å². The highest BCUT2D eigenvalue weighted by molar-refractivity contribution is 5.66. The van der Waals surface area contributed by atoms with Crippen molar-refractivity contribution in [3.05, 3.63) is 24.3 Å². The van der Waals surface area contributed by atoms with Crippen LogP contribution >= 0.6 is 0 Å². The third-order valence-electron chi connectivity index (χ3n) is 2.99. The van der Waals surface area contributed by atoms with Crippen LogP contribution in [0.1, 0.15) is 19.8 Å². The second kappa shape index (κ2) is 4.11. The summed E-state index contributed by atoms with van der Waals surface area (Å²) in [4.78, 5) is 0. The Kier molecular flexibility index (Phi) is 2.82. The number of hydrogen-bond donors (Lipinski definition) is 2. The quantitative estimate of drug-likeness (QED) is 0.730. The van der Waals surface area contributed by atoms with Gasteiger partial charge in [0.05, 0.1) is 11.4 Å². The number of nitrogens with one attached hydrogen (secondary N) is 1. The summed E-state index contributed by atoms with van der Waals surface area (Å²) < 4.78 is 5.36. The van der Waals surface area contributed by atoms with Gasteiger partial charge in [-0.15, -0.1) is 0 Å². The second-order valence-corrected chi connectivity index (χ2v) is 4.39. The molecule has 3 N–H and O–H groups in total. The second-order valence-electron chi connectivity index (χ2n) is 4.39. The standard InChI is InChI=1S/C12H18N2O/c1-12(6-8-15-9-7-12)14-11-5-3-2-4-10(11)13/h2-5,14H,6-9,13H2,1H3.